The Morgan fingerprint density at radius 2 is 2.04 bits per heavy atom. The predicted octanol–water partition coefficient (Wildman–Crippen LogP) is 1.71. The topological polar surface area (TPSA) is 76.7 Å². The first kappa shape index (κ1) is 21.3. The van der Waals surface area contributed by atoms with Crippen LogP contribution in [0.15, 0.2) is 24.3 Å². The standard InChI is InChI=1S/C18H26N2O4.ClH/c1-3-24-15-8-6-13(7-9-15)11-14(18(22)23-2)12-20-17(21)16-5-4-10-19-16;/h6-9,14,16,19H,3-5,10-12H2,1-2H3,(H,20,21);1H. The van der Waals surface area contributed by atoms with Crippen LogP contribution in [-0.2, 0) is 20.7 Å². The minimum atomic E-state index is -0.404. The molecule has 2 unspecified atom stereocenters. The van der Waals surface area contributed by atoms with Crippen LogP contribution in [0.2, 0.25) is 0 Å². The summed E-state index contributed by atoms with van der Waals surface area (Å²) >= 11 is 0. The number of hydrogen-bond acceptors (Lipinski definition) is 5. The van der Waals surface area contributed by atoms with E-state index in [-0.39, 0.29) is 36.9 Å². The van der Waals surface area contributed by atoms with Crippen molar-refractivity contribution in [3.05, 3.63) is 29.8 Å². The second kappa shape index (κ2) is 10.9. The fraction of sp³-hybridized carbons (Fsp3) is 0.556. The number of halogens is 1. The lowest BCUT2D eigenvalue weighted by Gasteiger charge is -2.17. The summed E-state index contributed by atoms with van der Waals surface area (Å²) in [5.74, 6) is 0.0337. The van der Waals surface area contributed by atoms with Crippen molar-refractivity contribution in [3.8, 4) is 5.75 Å². The second-order valence-electron chi connectivity index (χ2n) is 5.90. The summed E-state index contributed by atoms with van der Waals surface area (Å²) in [6.07, 6.45) is 2.36. The van der Waals surface area contributed by atoms with Crippen LogP contribution in [0.1, 0.15) is 25.3 Å². The monoisotopic (exact) mass is 370 g/mol. The van der Waals surface area contributed by atoms with Crippen LogP contribution in [0.4, 0.5) is 0 Å². The van der Waals surface area contributed by atoms with Gasteiger partial charge in [-0.2, -0.15) is 0 Å². The third kappa shape index (κ3) is 6.55. The van der Waals surface area contributed by atoms with Gasteiger partial charge in [0, 0.05) is 6.54 Å². The summed E-state index contributed by atoms with van der Waals surface area (Å²) in [7, 11) is 1.37. The second-order valence-corrected chi connectivity index (χ2v) is 5.90. The molecule has 0 spiro atoms. The van der Waals surface area contributed by atoms with Crippen molar-refractivity contribution in [1.82, 2.24) is 10.6 Å². The number of carbonyl (C=O) groups excluding carboxylic acids is 2. The fourth-order valence-corrected chi connectivity index (χ4v) is 2.83. The highest BCUT2D eigenvalue weighted by Gasteiger charge is 2.25. The van der Waals surface area contributed by atoms with Gasteiger partial charge in [-0.25, -0.2) is 0 Å². The number of rotatable bonds is 8. The van der Waals surface area contributed by atoms with Gasteiger partial charge < -0.3 is 20.1 Å². The molecule has 0 radical (unpaired) electrons. The Kier molecular flexibility index (Phi) is 9.31. The average molecular weight is 371 g/mol. The van der Waals surface area contributed by atoms with Crippen molar-refractivity contribution >= 4 is 24.3 Å². The molecule has 1 heterocycles. The first-order chi connectivity index (χ1) is 11.6. The molecule has 0 aromatic heterocycles. The smallest absolute Gasteiger partial charge is 0.310 e. The van der Waals surface area contributed by atoms with E-state index in [1.807, 2.05) is 31.2 Å². The van der Waals surface area contributed by atoms with Crippen LogP contribution >= 0.6 is 12.4 Å². The number of ether oxygens (including phenoxy) is 2. The number of esters is 1. The van der Waals surface area contributed by atoms with E-state index in [0.29, 0.717) is 13.0 Å². The fourth-order valence-electron chi connectivity index (χ4n) is 2.83. The van der Waals surface area contributed by atoms with Gasteiger partial charge in [0.2, 0.25) is 5.91 Å². The van der Waals surface area contributed by atoms with Gasteiger partial charge >= 0.3 is 5.97 Å². The Hall–Kier alpha value is -1.79. The zero-order valence-electron chi connectivity index (χ0n) is 14.7. The summed E-state index contributed by atoms with van der Waals surface area (Å²) in [5.41, 5.74) is 1.00. The molecule has 1 saturated heterocycles. The van der Waals surface area contributed by atoms with Crippen LogP contribution in [0.25, 0.3) is 0 Å². The quantitative estimate of drug-likeness (QED) is 0.681. The Morgan fingerprint density at radius 1 is 1.32 bits per heavy atom. The van der Waals surface area contributed by atoms with Gasteiger partial charge in [-0.05, 0) is 50.4 Å². The Morgan fingerprint density at radius 3 is 2.60 bits per heavy atom. The molecule has 6 nitrogen and oxygen atoms in total. The molecule has 1 aliphatic heterocycles. The molecule has 2 atom stereocenters. The van der Waals surface area contributed by atoms with Crippen LogP contribution in [0.3, 0.4) is 0 Å². The molecule has 0 aliphatic carbocycles. The number of benzene rings is 1. The van der Waals surface area contributed by atoms with Crippen molar-refractivity contribution in [3.63, 3.8) is 0 Å². The maximum atomic E-state index is 12.1. The maximum Gasteiger partial charge on any atom is 0.310 e. The maximum absolute atomic E-state index is 12.1. The summed E-state index contributed by atoms with van der Waals surface area (Å²) in [6.45, 7) is 3.69. The average Bonchev–Trinajstić information content (AvgIpc) is 3.14. The van der Waals surface area contributed by atoms with Crippen molar-refractivity contribution in [2.75, 3.05) is 26.8 Å². The first-order valence-electron chi connectivity index (χ1n) is 8.44. The van der Waals surface area contributed by atoms with Gasteiger partial charge in [0.15, 0.2) is 0 Å². The number of amides is 1. The van der Waals surface area contributed by atoms with Crippen molar-refractivity contribution < 1.29 is 19.1 Å². The minimum Gasteiger partial charge on any atom is -0.494 e. The molecule has 0 saturated carbocycles. The number of nitrogens with one attached hydrogen (secondary N) is 2. The Labute approximate surface area is 155 Å². The van der Waals surface area contributed by atoms with Gasteiger partial charge in [-0.3, -0.25) is 9.59 Å². The zero-order valence-corrected chi connectivity index (χ0v) is 15.6. The van der Waals surface area contributed by atoms with E-state index in [0.717, 1.165) is 30.7 Å². The van der Waals surface area contributed by atoms with E-state index in [9.17, 15) is 9.59 Å². The molecule has 7 heteroatoms. The van der Waals surface area contributed by atoms with Gasteiger partial charge in [0.25, 0.3) is 0 Å². The Bertz CT molecular complexity index is 545. The third-order valence-electron chi connectivity index (χ3n) is 4.15. The molecule has 1 fully saturated rings. The van der Waals surface area contributed by atoms with E-state index in [1.165, 1.54) is 7.11 Å². The van der Waals surface area contributed by atoms with E-state index >= 15 is 0 Å². The van der Waals surface area contributed by atoms with E-state index in [1.54, 1.807) is 0 Å². The van der Waals surface area contributed by atoms with Gasteiger partial charge in [0.05, 0.1) is 25.7 Å². The van der Waals surface area contributed by atoms with Crippen molar-refractivity contribution in [2.24, 2.45) is 5.92 Å². The molecule has 1 aliphatic rings. The predicted molar refractivity (Wildman–Crippen MR) is 98.1 cm³/mol. The summed E-state index contributed by atoms with van der Waals surface area (Å²) in [6, 6.07) is 7.49. The highest BCUT2D eigenvalue weighted by Crippen LogP contribution is 2.16. The SMILES string of the molecule is CCOc1ccc(CC(CNC(=O)C2CCCN2)C(=O)OC)cc1.Cl. The lowest BCUT2D eigenvalue weighted by molar-refractivity contribution is -0.145. The highest BCUT2D eigenvalue weighted by molar-refractivity contribution is 5.85. The van der Waals surface area contributed by atoms with Crippen molar-refractivity contribution in [1.29, 1.82) is 0 Å². The molecule has 0 bridgehead atoms. The molecular weight excluding hydrogens is 344 g/mol. The minimum absolute atomic E-state index is 0. The molecule has 2 rings (SSSR count). The number of hydrogen-bond donors (Lipinski definition) is 2. The first-order valence-corrected chi connectivity index (χ1v) is 8.44. The molecular formula is C18H27ClN2O4. The highest BCUT2D eigenvalue weighted by atomic mass is 35.5. The van der Waals surface area contributed by atoms with Gasteiger partial charge in [0.1, 0.15) is 5.75 Å². The largest absolute Gasteiger partial charge is 0.494 e. The van der Waals surface area contributed by atoms with Crippen LogP contribution in [-0.4, -0.2) is 44.7 Å². The normalized spacial score (nSPS) is 17.3. The molecule has 1 aromatic rings. The van der Waals surface area contributed by atoms with Gasteiger partial charge in [-0.15, -0.1) is 12.4 Å². The summed E-state index contributed by atoms with van der Waals surface area (Å²) in [4.78, 5) is 24.1. The lowest BCUT2D eigenvalue weighted by Crippen LogP contribution is -2.43. The van der Waals surface area contributed by atoms with E-state index in [2.05, 4.69) is 10.6 Å². The molecule has 2 N–H and O–H groups in total. The van der Waals surface area contributed by atoms with E-state index in [4.69, 9.17) is 9.47 Å². The molecule has 1 amide bonds. The zero-order chi connectivity index (χ0) is 17.4. The van der Waals surface area contributed by atoms with Crippen LogP contribution in [0, 0.1) is 5.92 Å². The van der Waals surface area contributed by atoms with Crippen LogP contribution < -0.4 is 15.4 Å². The van der Waals surface area contributed by atoms with Gasteiger partial charge in [-0.1, -0.05) is 12.1 Å². The van der Waals surface area contributed by atoms with E-state index < -0.39 is 5.92 Å². The summed E-state index contributed by atoms with van der Waals surface area (Å²) in [5, 5.41) is 6.01. The summed E-state index contributed by atoms with van der Waals surface area (Å²) < 4.78 is 10.3. The molecule has 140 valence electrons. The molecule has 25 heavy (non-hydrogen) atoms. The lowest BCUT2D eigenvalue weighted by atomic mass is 9.99. The Balaban J connectivity index is 0.00000312. The van der Waals surface area contributed by atoms with Crippen molar-refractivity contribution in [2.45, 2.75) is 32.2 Å². The van der Waals surface area contributed by atoms with Crippen LogP contribution in [0.5, 0.6) is 5.75 Å². The third-order valence-corrected chi connectivity index (χ3v) is 4.15. The molecule has 1 aromatic carbocycles. The number of carbonyl (C=O) groups is 2. The number of methoxy groups -OCH3 is 1.